The third-order valence-corrected chi connectivity index (χ3v) is 4.38. The van der Waals surface area contributed by atoms with Crippen molar-refractivity contribution in [3.05, 3.63) is 52.5 Å². The molecule has 0 saturated heterocycles. The van der Waals surface area contributed by atoms with Gasteiger partial charge >= 0.3 is 0 Å². The van der Waals surface area contributed by atoms with Gasteiger partial charge in [0.25, 0.3) is 10.0 Å². The standard InChI is InChI=1S/C14H12ClN3O2S/c1-9-4-11(17)7-12(5-9)21(19,20)18-14-3-2-10(8-16)6-13(14)15/h2-7,18H,17H2,1H3. The third-order valence-electron chi connectivity index (χ3n) is 2.73. The fourth-order valence-electron chi connectivity index (χ4n) is 1.80. The summed E-state index contributed by atoms with van der Waals surface area (Å²) in [5.41, 5.74) is 7.32. The van der Waals surface area contributed by atoms with Gasteiger partial charge in [0.05, 0.1) is 27.2 Å². The second-order valence-electron chi connectivity index (χ2n) is 4.49. The Kier molecular flexibility index (Phi) is 4.07. The lowest BCUT2D eigenvalue weighted by Crippen LogP contribution is -2.14. The van der Waals surface area contributed by atoms with Crippen molar-refractivity contribution in [1.82, 2.24) is 0 Å². The number of aryl methyl sites for hydroxylation is 1. The molecule has 2 rings (SSSR count). The first-order valence-corrected chi connectivity index (χ1v) is 7.77. The molecule has 3 N–H and O–H groups in total. The van der Waals surface area contributed by atoms with Gasteiger partial charge in [0.2, 0.25) is 0 Å². The number of sulfonamides is 1. The first kappa shape index (κ1) is 15.2. The highest BCUT2D eigenvalue weighted by molar-refractivity contribution is 7.92. The summed E-state index contributed by atoms with van der Waals surface area (Å²) in [5, 5.41) is 8.91. The Labute approximate surface area is 128 Å². The van der Waals surface area contributed by atoms with Crippen LogP contribution in [-0.2, 0) is 10.0 Å². The van der Waals surface area contributed by atoms with Crippen LogP contribution < -0.4 is 10.5 Å². The van der Waals surface area contributed by atoms with Gasteiger partial charge in [-0.3, -0.25) is 4.72 Å². The second kappa shape index (κ2) is 5.64. The number of anilines is 2. The van der Waals surface area contributed by atoms with Crippen molar-refractivity contribution in [2.75, 3.05) is 10.5 Å². The molecule has 0 saturated carbocycles. The average molecular weight is 322 g/mol. The SMILES string of the molecule is Cc1cc(N)cc(S(=O)(=O)Nc2ccc(C#N)cc2Cl)c1. The molecular weight excluding hydrogens is 310 g/mol. The summed E-state index contributed by atoms with van der Waals surface area (Å²) >= 11 is 5.96. The maximum absolute atomic E-state index is 12.3. The summed E-state index contributed by atoms with van der Waals surface area (Å²) in [6, 6.07) is 10.8. The monoisotopic (exact) mass is 321 g/mol. The molecule has 0 aliphatic rings. The van der Waals surface area contributed by atoms with E-state index >= 15 is 0 Å². The van der Waals surface area contributed by atoms with Gasteiger partial charge in [0, 0.05) is 5.69 Å². The van der Waals surface area contributed by atoms with Crippen LogP contribution in [0.15, 0.2) is 41.3 Å². The van der Waals surface area contributed by atoms with Crippen LogP contribution in [0.2, 0.25) is 5.02 Å². The van der Waals surface area contributed by atoms with Gasteiger partial charge in [-0.25, -0.2) is 8.42 Å². The molecule has 0 aromatic heterocycles. The van der Waals surface area contributed by atoms with Crippen molar-refractivity contribution in [3.8, 4) is 6.07 Å². The first-order valence-electron chi connectivity index (χ1n) is 5.91. The van der Waals surface area contributed by atoms with Crippen LogP contribution in [0.4, 0.5) is 11.4 Å². The minimum atomic E-state index is -3.80. The molecule has 0 aliphatic carbocycles. The summed E-state index contributed by atoms with van der Waals surface area (Å²) < 4.78 is 27.0. The lowest BCUT2D eigenvalue weighted by atomic mass is 10.2. The van der Waals surface area contributed by atoms with Crippen LogP contribution in [0, 0.1) is 18.3 Å². The molecule has 0 aliphatic heterocycles. The summed E-state index contributed by atoms with van der Waals surface area (Å²) in [6.07, 6.45) is 0. The van der Waals surface area contributed by atoms with E-state index in [0.717, 1.165) is 5.56 Å². The zero-order valence-corrected chi connectivity index (χ0v) is 12.7. The highest BCUT2D eigenvalue weighted by atomic mass is 35.5. The Hall–Kier alpha value is -2.23. The van der Waals surface area contributed by atoms with Crippen LogP contribution in [0.25, 0.3) is 0 Å². The zero-order valence-electron chi connectivity index (χ0n) is 11.1. The van der Waals surface area contributed by atoms with E-state index < -0.39 is 10.0 Å². The minimum absolute atomic E-state index is 0.0560. The number of hydrogen-bond acceptors (Lipinski definition) is 4. The van der Waals surface area contributed by atoms with E-state index in [1.54, 1.807) is 13.0 Å². The largest absolute Gasteiger partial charge is 0.399 e. The number of nitrogen functional groups attached to an aromatic ring is 1. The highest BCUT2D eigenvalue weighted by Crippen LogP contribution is 2.26. The first-order chi connectivity index (χ1) is 9.81. The quantitative estimate of drug-likeness (QED) is 0.849. The van der Waals surface area contributed by atoms with Gasteiger partial charge in [0.1, 0.15) is 0 Å². The highest BCUT2D eigenvalue weighted by Gasteiger charge is 2.16. The summed E-state index contributed by atoms with van der Waals surface area (Å²) in [7, 11) is -3.80. The number of nitriles is 1. The van der Waals surface area contributed by atoms with Crippen molar-refractivity contribution in [1.29, 1.82) is 5.26 Å². The lowest BCUT2D eigenvalue weighted by molar-refractivity contribution is 0.601. The Bertz CT molecular complexity index is 822. The molecule has 2 aromatic rings. The molecule has 0 unspecified atom stereocenters. The maximum atomic E-state index is 12.3. The molecule has 0 bridgehead atoms. The topological polar surface area (TPSA) is 96.0 Å². The molecule has 0 atom stereocenters. The Morgan fingerprint density at radius 1 is 1.24 bits per heavy atom. The van der Waals surface area contributed by atoms with Gasteiger partial charge in [-0.15, -0.1) is 0 Å². The number of nitrogens with two attached hydrogens (primary N) is 1. The van der Waals surface area contributed by atoms with Crippen molar-refractivity contribution >= 4 is 33.0 Å². The van der Waals surface area contributed by atoms with Crippen molar-refractivity contribution < 1.29 is 8.42 Å². The van der Waals surface area contributed by atoms with E-state index in [4.69, 9.17) is 22.6 Å². The summed E-state index contributed by atoms with van der Waals surface area (Å²) in [5.74, 6) is 0. The zero-order chi connectivity index (χ0) is 15.6. The van der Waals surface area contributed by atoms with E-state index in [2.05, 4.69) is 4.72 Å². The molecule has 0 heterocycles. The Morgan fingerprint density at radius 3 is 2.52 bits per heavy atom. The predicted molar refractivity (Wildman–Crippen MR) is 82.6 cm³/mol. The number of rotatable bonds is 3. The van der Waals surface area contributed by atoms with Crippen molar-refractivity contribution in [3.63, 3.8) is 0 Å². The van der Waals surface area contributed by atoms with E-state index in [9.17, 15) is 8.42 Å². The molecule has 21 heavy (non-hydrogen) atoms. The molecule has 5 nitrogen and oxygen atoms in total. The van der Waals surface area contributed by atoms with Gasteiger partial charge < -0.3 is 5.73 Å². The molecule has 0 fully saturated rings. The smallest absolute Gasteiger partial charge is 0.262 e. The van der Waals surface area contributed by atoms with Crippen LogP contribution in [0.3, 0.4) is 0 Å². The van der Waals surface area contributed by atoms with Crippen LogP contribution >= 0.6 is 11.6 Å². The molecule has 0 radical (unpaired) electrons. The van der Waals surface area contributed by atoms with Gasteiger partial charge in [-0.1, -0.05) is 11.6 Å². The fraction of sp³-hybridized carbons (Fsp3) is 0.0714. The molecule has 2 aromatic carbocycles. The molecule has 0 spiro atoms. The average Bonchev–Trinajstić information content (AvgIpc) is 2.40. The van der Waals surface area contributed by atoms with Gasteiger partial charge in [-0.05, 0) is 48.9 Å². The molecule has 108 valence electrons. The normalized spacial score (nSPS) is 10.9. The Morgan fingerprint density at radius 2 is 1.95 bits per heavy atom. The fourth-order valence-corrected chi connectivity index (χ4v) is 3.30. The van der Waals surface area contributed by atoms with Crippen LogP contribution in [-0.4, -0.2) is 8.42 Å². The number of hydrogen-bond donors (Lipinski definition) is 2. The number of benzene rings is 2. The van der Waals surface area contributed by atoms with E-state index in [1.165, 1.54) is 30.3 Å². The van der Waals surface area contributed by atoms with Gasteiger partial charge in [-0.2, -0.15) is 5.26 Å². The van der Waals surface area contributed by atoms with E-state index in [-0.39, 0.29) is 15.6 Å². The van der Waals surface area contributed by atoms with Crippen LogP contribution in [0.1, 0.15) is 11.1 Å². The predicted octanol–water partition coefficient (Wildman–Crippen LogP) is 2.90. The van der Waals surface area contributed by atoms with Crippen molar-refractivity contribution in [2.45, 2.75) is 11.8 Å². The van der Waals surface area contributed by atoms with E-state index in [1.807, 2.05) is 6.07 Å². The molecular formula is C14H12ClN3O2S. The second-order valence-corrected chi connectivity index (χ2v) is 6.58. The minimum Gasteiger partial charge on any atom is -0.399 e. The van der Waals surface area contributed by atoms with E-state index in [0.29, 0.717) is 11.3 Å². The molecule has 0 amide bonds. The summed E-state index contributed by atoms with van der Waals surface area (Å²) in [6.45, 7) is 1.75. The maximum Gasteiger partial charge on any atom is 0.262 e. The van der Waals surface area contributed by atoms with Crippen LogP contribution in [0.5, 0.6) is 0 Å². The van der Waals surface area contributed by atoms with Crippen molar-refractivity contribution in [2.24, 2.45) is 0 Å². The molecule has 7 heteroatoms. The number of nitrogens with zero attached hydrogens (tertiary/aromatic N) is 1. The summed E-state index contributed by atoms with van der Waals surface area (Å²) in [4.78, 5) is 0.0560. The lowest BCUT2D eigenvalue weighted by Gasteiger charge is -2.11. The number of nitrogens with one attached hydrogen (secondary N) is 1. The Balaban J connectivity index is 2.40. The van der Waals surface area contributed by atoms with Gasteiger partial charge in [0.15, 0.2) is 0 Å². The number of halogens is 1. The third kappa shape index (κ3) is 3.45.